The fraction of sp³-hybridized carbons (Fsp3) is 0.400. The van der Waals surface area contributed by atoms with Crippen molar-refractivity contribution >= 4 is 41.9 Å². The van der Waals surface area contributed by atoms with Gasteiger partial charge in [-0.05, 0) is 41.1 Å². The number of rotatable bonds is 6. The summed E-state index contributed by atoms with van der Waals surface area (Å²) in [7, 11) is -3.49. The third-order valence-electron chi connectivity index (χ3n) is 1.93. The Hall–Kier alpha value is 0.0500. The van der Waals surface area contributed by atoms with E-state index in [0.717, 1.165) is 4.47 Å². The molecule has 0 radical (unpaired) electrons. The van der Waals surface area contributed by atoms with Gasteiger partial charge in [0.1, 0.15) is 0 Å². The predicted octanol–water partition coefficient (Wildman–Crippen LogP) is 2.53. The van der Waals surface area contributed by atoms with Crippen molar-refractivity contribution in [1.29, 1.82) is 0 Å². The van der Waals surface area contributed by atoms with Crippen molar-refractivity contribution in [2.75, 3.05) is 19.8 Å². The molecule has 96 valence electrons. The third-order valence-corrected chi connectivity index (χ3v) is 4.86. The van der Waals surface area contributed by atoms with Crippen LogP contribution in [0.3, 0.4) is 0 Å². The smallest absolute Gasteiger partial charge is 0.241 e. The number of halogens is 2. The van der Waals surface area contributed by atoms with E-state index in [-0.39, 0.29) is 11.4 Å². The highest BCUT2D eigenvalue weighted by molar-refractivity contribution is 9.11. The fourth-order valence-corrected chi connectivity index (χ4v) is 3.92. The van der Waals surface area contributed by atoms with Gasteiger partial charge in [0.25, 0.3) is 0 Å². The first-order valence-electron chi connectivity index (χ1n) is 5.00. The molecule has 1 N–H and O–H groups in total. The number of nitrogens with one attached hydrogen (secondary N) is 1. The lowest BCUT2D eigenvalue weighted by atomic mass is 10.4. The van der Waals surface area contributed by atoms with E-state index in [4.69, 9.17) is 4.74 Å². The molecule has 0 spiro atoms. The molecule has 0 fully saturated rings. The van der Waals surface area contributed by atoms with Crippen LogP contribution in [-0.2, 0) is 14.8 Å². The Morgan fingerprint density at radius 3 is 2.65 bits per heavy atom. The van der Waals surface area contributed by atoms with E-state index < -0.39 is 10.0 Å². The summed E-state index contributed by atoms with van der Waals surface area (Å²) in [6, 6.07) is 4.91. The number of sulfonamides is 1. The Balaban J connectivity index is 2.76. The normalized spacial score (nSPS) is 11.7. The highest BCUT2D eigenvalue weighted by atomic mass is 79.9. The van der Waals surface area contributed by atoms with Gasteiger partial charge >= 0.3 is 0 Å². The summed E-state index contributed by atoms with van der Waals surface area (Å²) >= 11 is 6.50. The lowest BCUT2D eigenvalue weighted by molar-refractivity contribution is 0.153. The lowest BCUT2D eigenvalue weighted by Gasteiger charge is -2.08. The maximum Gasteiger partial charge on any atom is 0.241 e. The standard InChI is InChI=1S/C10H13Br2NO3S/c1-2-16-6-5-13-17(14,15)10-4-3-8(11)7-9(10)12/h3-4,7,13H,2,5-6H2,1H3. The molecule has 1 aromatic carbocycles. The molecule has 0 amide bonds. The van der Waals surface area contributed by atoms with Gasteiger partial charge < -0.3 is 4.74 Å². The minimum atomic E-state index is -3.49. The van der Waals surface area contributed by atoms with Crippen LogP contribution in [0.2, 0.25) is 0 Å². The van der Waals surface area contributed by atoms with E-state index in [1.807, 2.05) is 6.92 Å². The number of benzene rings is 1. The number of hydrogen-bond donors (Lipinski definition) is 1. The molecule has 0 unspecified atom stereocenters. The van der Waals surface area contributed by atoms with Crippen LogP contribution in [0.4, 0.5) is 0 Å². The number of hydrogen-bond acceptors (Lipinski definition) is 3. The van der Waals surface area contributed by atoms with Gasteiger partial charge in [-0.1, -0.05) is 15.9 Å². The largest absolute Gasteiger partial charge is 0.380 e. The van der Waals surface area contributed by atoms with Crippen LogP contribution in [0.5, 0.6) is 0 Å². The van der Waals surface area contributed by atoms with Crippen molar-refractivity contribution in [3.63, 3.8) is 0 Å². The van der Waals surface area contributed by atoms with Gasteiger partial charge in [0, 0.05) is 22.1 Å². The Morgan fingerprint density at radius 2 is 2.06 bits per heavy atom. The van der Waals surface area contributed by atoms with E-state index in [1.165, 1.54) is 6.07 Å². The van der Waals surface area contributed by atoms with E-state index in [2.05, 4.69) is 36.6 Å². The second-order valence-corrected chi connectivity index (χ2v) is 6.67. The summed E-state index contributed by atoms with van der Waals surface area (Å²) in [4.78, 5) is 0.220. The van der Waals surface area contributed by atoms with Gasteiger partial charge in [0.05, 0.1) is 11.5 Å². The van der Waals surface area contributed by atoms with Crippen molar-refractivity contribution in [3.05, 3.63) is 27.1 Å². The SMILES string of the molecule is CCOCCNS(=O)(=O)c1ccc(Br)cc1Br. The van der Waals surface area contributed by atoms with Crippen LogP contribution < -0.4 is 4.72 Å². The molecule has 0 aliphatic heterocycles. The first-order chi connectivity index (χ1) is 7.97. The highest BCUT2D eigenvalue weighted by Gasteiger charge is 2.16. The van der Waals surface area contributed by atoms with E-state index in [0.29, 0.717) is 17.7 Å². The summed E-state index contributed by atoms with van der Waals surface area (Å²) in [5.74, 6) is 0. The summed E-state index contributed by atoms with van der Waals surface area (Å²) in [5.41, 5.74) is 0. The van der Waals surface area contributed by atoms with Crippen LogP contribution in [0.1, 0.15) is 6.92 Å². The third kappa shape index (κ3) is 4.67. The molecule has 0 atom stereocenters. The zero-order valence-electron chi connectivity index (χ0n) is 9.24. The van der Waals surface area contributed by atoms with Crippen LogP contribution in [0, 0.1) is 0 Å². The van der Waals surface area contributed by atoms with Crippen molar-refractivity contribution in [3.8, 4) is 0 Å². The van der Waals surface area contributed by atoms with Gasteiger partial charge in [-0.15, -0.1) is 0 Å². The van der Waals surface area contributed by atoms with Gasteiger partial charge in [0.2, 0.25) is 10.0 Å². The second-order valence-electron chi connectivity index (χ2n) is 3.17. The Labute approximate surface area is 118 Å². The molecule has 7 heteroatoms. The predicted molar refractivity (Wildman–Crippen MR) is 73.5 cm³/mol. The van der Waals surface area contributed by atoms with Crippen LogP contribution in [0.25, 0.3) is 0 Å². The molecule has 0 aliphatic carbocycles. The molecule has 0 aliphatic rings. The highest BCUT2D eigenvalue weighted by Crippen LogP contribution is 2.25. The summed E-state index contributed by atoms with van der Waals surface area (Å²) < 4.78 is 32.7. The van der Waals surface area contributed by atoms with E-state index in [1.54, 1.807) is 12.1 Å². The zero-order valence-corrected chi connectivity index (χ0v) is 13.2. The maximum atomic E-state index is 11.9. The molecule has 0 aromatic heterocycles. The Bertz CT molecular complexity index is 476. The molecule has 0 heterocycles. The monoisotopic (exact) mass is 385 g/mol. The van der Waals surface area contributed by atoms with E-state index in [9.17, 15) is 8.42 Å². The van der Waals surface area contributed by atoms with Crippen molar-refractivity contribution in [1.82, 2.24) is 4.72 Å². The molecule has 0 bridgehead atoms. The summed E-state index contributed by atoms with van der Waals surface area (Å²) in [5, 5.41) is 0. The first kappa shape index (κ1) is 15.1. The van der Waals surface area contributed by atoms with Crippen molar-refractivity contribution in [2.24, 2.45) is 0 Å². The Morgan fingerprint density at radius 1 is 1.35 bits per heavy atom. The molecule has 1 rings (SSSR count). The quantitative estimate of drug-likeness (QED) is 0.764. The van der Waals surface area contributed by atoms with Gasteiger partial charge in [0.15, 0.2) is 0 Å². The zero-order chi connectivity index (χ0) is 12.9. The van der Waals surface area contributed by atoms with E-state index >= 15 is 0 Å². The summed E-state index contributed by atoms with van der Waals surface area (Å²) in [6.07, 6.45) is 0. The van der Waals surface area contributed by atoms with Crippen LogP contribution in [0.15, 0.2) is 32.0 Å². The molecule has 4 nitrogen and oxygen atoms in total. The molecule has 0 saturated carbocycles. The first-order valence-corrected chi connectivity index (χ1v) is 8.06. The topological polar surface area (TPSA) is 55.4 Å². The molecule has 0 saturated heterocycles. The molecular weight excluding hydrogens is 374 g/mol. The van der Waals surface area contributed by atoms with Gasteiger partial charge in [-0.3, -0.25) is 0 Å². The lowest BCUT2D eigenvalue weighted by Crippen LogP contribution is -2.27. The molecule has 1 aromatic rings. The maximum absolute atomic E-state index is 11.9. The average molecular weight is 387 g/mol. The number of ether oxygens (including phenoxy) is 1. The minimum Gasteiger partial charge on any atom is -0.380 e. The summed E-state index contributed by atoms with van der Waals surface area (Å²) in [6.45, 7) is 3.06. The van der Waals surface area contributed by atoms with Gasteiger partial charge in [-0.2, -0.15) is 0 Å². The van der Waals surface area contributed by atoms with Crippen molar-refractivity contribution in [2.45, 2.75) is 11.8 Å². The fourth-order valence-electron chi connectivity index (χ4n) is 1.16. The minimum absolute atomic E-state index is 0.220. The molecular formula is C10H13Br2NO3S. The van der Waals surface area contributed by atoms with Crippen LogP contribution >= 0.6 is 31.9 Å². The van der Waals surface area contributed by atoms with Crippen molar-refractivity contribution < 1.29 is 13.2 Å². The second kappa shape index (κ2) is 6.84. The average Bonchev–Trinajstić information content (AvgIpc) is 2.24. The Kier molecular flexibility index (Phi) is 6.08. The van der Waals surface area contributed by atoms with Gasteiger partial charge in [-0.25, -0.2) is 13.1 Å². The van der Waals surface area contributed by atoms with Crippen LogP contribution in [-0.4, -0.2) is 28.2 Å². The molecule has 17 heavy (non-hydrogen) atoms.